The molecule has 3 nitrogen and oxygen atoms in total. The summed E-state index contributed by atoms with van der Waals surface area (Å²) in [6.07, 6.45) is 3.49. The highest BCUT2D eigenvalue weighted by Crippen LogP contribution is 2.43. The average molecular weight is 257 g/mol. The van der Waals surface area contributed by atoms with Crippen LogP contribution in [-0.4, -0.2) is 37.0 Å². The van der Waals surface area contributed by atoms with E-state index >= 15 is 0 Å². The molecule has 3 heteroatoms. The predicted molar refractivity (Wildman–Crippen MR) is 75.7 cm³/mol. The average Bonchev–Trinajstić information content (AvgIpc) is 2.30. The summed E-state index contributed by atoms with van der Waals surface area (Å²) >= 11 is 0. The van der Waals surface area contributed by atoms with Gasteiger partial charge in [0.15, 0.2) is 0 Å². The second-order valence-electron chi connectivity index (χ2n) is 6.93. The van der Waals surface area contributed by atoms with Crippen LogP contribution < -0.4 is 5.32 Å². The van der Waals surface area contributed by atoms with E-state index in [1.807, 2.05) is 0 Å². The van der Waals surface area contributed by atoms with Crippen LogP contribution in [0.15, 0.2) is 0 Å². The zero-order valence-electron chi connectivity index (χ0n) is 12.8. The Morgan fingerprint density at radius 1 is 1.39 bits per heavy atom. The minimum Gasteiger partial charge on any atom is -0.396 e. The quantitative estimate of drug-likeness (QED) is 0.702. The molecular formula is C15H31NO2. The molecule has 0 aromatic carbocycles. The molecule has 0 aromatic heterocycles. The number of aliphatic hydroxyl groups is 1. The van der Waals surface area contributed by atoms with Crippen LogP contribution in [-0.2, 0) is 4.74 Å². The first-order chi connectivity index (χ1) is 8.33. The van der Waals surface area contributed by atoms with Crippen molar-refractivity contribution in [1.82, 2.24) is 5.32 Å². The van der Waals surface area contributed by atoms with Crippen LogP contribution in [0.4, 0.5) is 0 Å². The molecule has 1 aliphatic rings. The molecule has 0 amide bonds. The number of nitrogens with one attached hydrogen (secondary N) is 1. The van der Waals surface area contributed by atoms with Crippen molar-refractivity contribution in [3.05, 3.63) is 0 Å². The Morgan fingerprint density at radius 3 is 2.56 bits per heavy atom. The summed E-state index contributed by atoms with van der Waals surface area (Å²) in [5, 5.41) is 12.6. The van der Waals surface area contributed by atoms with Crippen LogP contribution in [0, 0.1) is 10.8 Å². The maximum Gasteiger partial charge on any atom is 0.0655 e. The van der Waals surface area contributed by atoms with Gasteiger partial charge in [0.05, 0.1) is 6.10 Å². The number of hydrogen-bond donors (Lipinski definition) is 2. The molecule has 0 heterocycles. The van der Waals surface area contributed by atoms with E-state index in [9.17, 15) is 0 Å². The van der Waals surface area contributed by atoms with Crippen LogP contribution in [0.2, 0.25) is 0 Å². The molecule has 0 bridgehead atoms. The van der Waals surface area contributed by atoms with Crippen molar-refractivity contribution in [3.63, 3.8) is 0 Å². The normalized spacial score (nSPS) is 27.0. The van der Waals surface area contributed by atoms with Crippen LogP contribution in [0.25, 0.3) is 0 Å². The molecule has 108 valence electrons. The van der Waals surface area contributed by atoms with Gasteiger partial charge in [-0.15, -0.1) is 0 Å². The summed E-state index contributed by atoms with van der Waals surface area (Å²) in [4.78, 5) is 0. The molecule has 0 aliphatic heterocycles. The Balaban J connectivity index is 2.33. The first-order valence-electron chi connectivity index (χ1n) is 7.29. The van der Waals surface area contributed by atoms with E-state index < -0.39 is 0 Å². The summed E-state index contributed by atoms with van der Waals surface area (Å²) < 4.78 is 5.75. The summed E-state index contributed by atoms with van der Waals surface area (Å²) in [5.74, 6) is 0. The molecule has 2 N–H and O–H groups in total. The first-order valence-corrected chi connectivity index (χ1v) is 7.29. The first kappa shape index (κ1) is 15.9. The molecule has 0 radical (unpaired) electrons. The fraction of sp³-hybridized carbons (Fsp3) is 1.00. The third kappa shape index (κ3) is 3.94. The molecular weight excluding hydrogens is 226 g/mol. The van der Waals surface area contributed by atoms with Crippen molar-refractivity contribution in [1.29, 1.82) is 0 Å². The van der Waals surface area contributed by atoms with Crippen LogP contribution in [0.1, 0.15) is 53.9 Å². The molecule has 1 saturated carbocycles. The van der Waals surface area contributed by atoms with Gasteiger partial charge >= 0.3 is 0 Å². The largest absolute Gasteiger partial charge is 0.396 e. The lowest BCUT2D eigenvalue weighted by molar-refractivity contribution is -0.115. The van der Waals surface area contributed by atoms with Gasteiger partial charge in [-0.1, -0.05) is 27.7 Å². The minimum atomic E-state index is 0.239. The zero-order valence-corrected chi connectivity index (χ0v) is 12.8. The maximum atomic E-state index is 8.90. The molecule has 2 unspecified atom stereocenters. The van der Waals surface area contributed by atoms with E-state index in [4.69, 9.17) is 9.84 Å². The molecule has 1 aliphatic carbocycles. The van der Waals surface area contributed by atoms with E-state index in [1.54, 1.807) is 0 Å². The van der Waals surface area contributed by atoms with Crippen LogP contribution in [0.3, 0.4) is 0 Å². The lowest BCUT2D eigenvalue weighted by Crippen LogP contribution is -2.61. The Labute approximate surface area is 112 Å². The lowest BCUT2D eigenvalue weighted by atomic mass is 9.64. The molecule has 0 aromatic rings. The van der Waals surface area contributed by atoms with E-state index in [0.717, 1.165) is 32.4 Å². The van der Waals surface area contributed by atoms with Gasteiger partial charge in [0.1, 0.15) is 0 Å². The fourth-order valence-corrected chi connectivity index (χ4v) is 2.76. The second-order valence-corrected chi connectivity index (χ2v) is 6.93. The van der Waals surface area contributed by atoms with E-state index in [0.29, 0.717) is 18.8 Å². The molecule has 1 rings (SSSR count). The van der Waals surface area contributed by atoms with Gasteiger partial charge in [0.2, 0.25) is 0 Å². The number of hydrogen-bond acceptors (Lipinski definition) is 3. The van der Waals surface area contributed by atoms with Crippen molar-refractivity contribution < 1.29 is 9.84 Å². The monoisotopic (exact) mass is 257 g/mol. The molecule has 18 heavy (non-hydrogen) atoms. The van der Waals surface area contributed by atoms with Crippen LogP contribution in [0.5, 0.6) is 0 Å². The number of rotatable bonds is 8. The predicted octanol–water partition coefficient (Wildman–Crippen LogP) is 2.58. The van der Waals surface area contributed by atoms with Gasteiger partial charge in [-0.2, -0.15) is 0 Å². The molecule has 1 fully saturated rings. The Morgan fingerprint density at radius 2 is 2.06 bits per heavy atom. The summed E-state index contributed by atoms with van der Waals surface area (Å²) in [6, 6.07) is 0.558. The summed E-state index contributed by atoms with van der Waals surface area (Å²) in [7, 11) is 0. The minimum absolute atomic E-state index is 0.239. The van der Waals surface area contributed by atoms with Crippen molar-refractivity contribution in [3.8, 4) is 0 Å². The lowest BCUT2D eigenvalue weighted by Gasteiger charge is -2.52. The fourth-order valence-electron chi connectivity index (χ4n) is 2.76. The van der Waals surface area contributed by atoms with E-state index in [-0.39, 0.29) is 10.8 Å². The zero-order chi connectivity index (χ0) is 13.8. The highest BCUT2D eigenvalue weighted by atomic mass is 16.5. The SMILES string of the molecule is CCOC1CC(NCC(C)(C)CCCO)C1(C)C. The third-order valence-corrected chi connectivity index (χ3v) is 4.38. The van der Waals surface area contributed by atoms with Crippen molar-refractivity contribution in [2.24, 2.45) is 10.8 Å². The van der Waals surface area contributed by atoms with Gasteiger partial charge in [-0.05, 0) is 31.6 Å². The summed E-state index contributed by atoms with van der Waals surface area (Å²) in [6.45, 7) is 13.3. The molecule has 0 saturated heterocycles. The van der Waals surface area contributed by atoms with Gasteiger partial charge in [0.25, 0.3) is 0 Å². The number of ether oxygens (including phenoxy) is 1. The topological polar surface area (TPSA) is 41.5 Å². The maximum absolute atomic E-state index is 8.90. The van der Waals surface area contributed by atoms with Gasteiger partial charge in [-0.3, -0.25) is 0 Å². The van der Waals surface area contributed by atoms with Gasteiger partial charge in [-0.25, -0.2) is 0 Å². The Bertz CT molecular complexity index is 251. The smallest absolute Gasteiger partial charge is 0.0655 e. The van der Waals surface area contributed by atoms with Crippen molar-refractivity contribution in [2.45, 2.75) is 66.0 Å². The third-order valence-electron chi connectivity index (χ3n) is 4.38. The Kier molecular flexibility index (Phi) is 5.63. The van der Waals surface area contributed by atoms with Crippen molar-refractivity contribution in [2.75, 3.05) is 19.8 Å². The molecule has 0 spiro atoms. The van der Waals surface area contributed by atoms with Gasteiger partial charge < -0.3 is 15.2 Å². The van der Waals surface area contributed by atoms with Crippen LogP contribution >= 0.6 is 0 Å². The standard InChI is InChI=1S/C15H31NO2/c1-6-18-13-10-12(15(13,4)5)16-11-14(2,3)8-7-9-17/h12-13,16-17H,6-11H2,1-5H3. The highest BCUT2D eigenvalue weighted by Gasteiger charge is 2.48. The number of aliphatic hydroxyl groups excluding tert-OH is 1. The highest BCUT2D eigenvalue weighted by molar-refractivity contribution is 5.03. The molecule has 2 atom stereocenters. The van der Waals surface area contributed by atoms with Gasteiger partial charge in [0, 0.05) is 31.2 Å². The van der Waals surface area contributed by atoms with E-state index in [1.165, 1.54) is 0 Å². The second kappa shape index (κ2) is 6.36. The summed E-state index contributed by atoms with van der Waals surface area (Å²) in [5.41, 5.74) is 0.499. The Hall–Kier alpha value is -0.120. The van der Waals surface area contributed by atoms with E-state index in [2.05, 4.69) is 39.9 Å². The van der Waals surface area contributed by atoms with Crippen molar-refractivity contribution >= 4 is 0 Å².